The van der Waals surface area contributed by atoms with Gasteiger partial charge in [0.05, 0.1) is 24.4 Å². The van der Waals surface area contributed by atoms with Crippen LogP contribution in [0.2, 0.25) is 0 Å². The molecule has 1 aromatic heterocycles. The second-order valence-electron chi connectivity index (χ2n) is 8.01. The lowest BCUT2D eigenvalue weighted by atomic mass is 9.82. The summed E-state index contributed by atoms with van der Waals surface area (Å²) in [5.74, 6) is 0.708. The molecule has 2 atom stereocenters. The number of nitrogens with one attached hydrogen (secondary N) is 1. The van der Waals surface area contributed by atoms with Crippen LogP contribution in [-0.2, 0) is 4.74 Å². The van der Waals surface area contributed by atoms with E-state index in [2.05, 4.69) is 40.5 Å². The van der Waals surface area contributed by atoms with Crippen LogP contribution >= 0.6 is 0 Å². The number of hydrogen-bond acceptors (Lipinski definition) is 3. The number of ether oxygens (including phenoxy) is 1. The van der Waals surface area contributed by atoms with E-state index in [0.29, 0.717) is 19.1 Å². The summed E-state index contributed by atoms with van der Waals surface area (Å²) in [7, 11) is 0. The van der Waals surface area contributed by atoms with Gasteiger partial charge in [0.25, 0.3) is 0 Å². The van der Waals surface area contributed by atoms with Crippen molar-refractivity contribution in [2.24, 2.45) is 0 Å². The topological polar surface area (TPSA) is 78.5 Å². The maximum absolute atomic E-state index is 11.8. The summed E-state index contributed by atoms with van der Waals surface area (Å²) in [6.45, 7) is 1.02. The Balaban J connectivity index is 1.36. The smallest absolute Gasteiger partial charge is 0.407 e. The van der Waals surface area contributed by atoms with Crippen LogP contribution in [0, 0.1) is 0 Å². The highest BCUT2D eigenvalue weighted by molar-refractivity contribution is 5.65. The zero-order valence-electron chi connectivity index (χ0n) is 16.2. The number of piperidine rings is 1. The van der Waals surface area contributed by atoms with Gasteiger partial charge in [0.1, 0.15) is 0 Å². The lowest BCUT2D eigenvalue weighted by Gasteiger charge is -2.40. The standard InChI is InChI=1S/C22H29N3O3/c26-22(27)25-14-4-7-19(20-12-13-23-24-20)21(25)15-28-18-10-8-17(9-11-18)16-5-2-1-3-6-16/h1-3,5-6,12-13,17-19,21H,4,7-11,14-15H2,(H,23,24)(H,26,27). The maximum Gasteiger partial charge on any atom is 0.407 e. The first-order chi connectivity index (χ1) is 13.7. The van der Waals surface area contributed by atoms with Crippen LogP contribution in [0.3, 0.4) is 0 Å². The van der Waals surface area contributed by atoms with Crippen LogP contribution in [0.15, 0.2) is 42.6 Å². The van der Waals surface area contributed by atoms with E-state index in [4.69, 9.17) is 4.74 Å². The predicted molar refractivity (Wildman–Crippen MR) is 106 cm³/mol. The van der Waals surface area contributed by atoms with Crippen molar-refractivity contribution in [3.8, 4) is 0 Å². The highest BCUT2D eigenvalue weighted by atomic mass is 16.5. The monoisotopic (exact) mass is 383 g/mol. The molecule has 2 heterocycles. The molecule has 1 aliphatic heterocycles. The van der Waals surface area contributed by atoms with Crippen molar-refractivity contribution < 1.29 is 14.6 Å². The van der Waals surface area contributed by atoms with Gasteiger partial charge in [-0.3, -0.25) is 5.10 Å². The fourth-order valence-electron chi connectivity index (χ4n) is 4.85. The largest absolute Gasteiger partial charge is 0.465 e. The van der Waals surface area contributed by atoms with Crippen molar-refractivity contribution >= 4 is 6.09 Å². The van der Waals surface area contributed by atoms with E-state index < -0.39 is 6.09 Å². The van der Waals surface area contributed by atoms with Gasteiger partial charge in [-0.2, -0.15) is 5.10 Å². The molecule has 0 bridgehead atoms. The van der Waals surface area contributed by atoms with Crippen molar-refractivity contribution in [1.29, 1.82) is 0 Å². The summed E-state index contributed by atoms with van der Waals surface area (Å²) in [5, 5.41) is 16.8. The second-order valence-corrected chi connectivity index (χ2v) is 8.01. The molecule has 2 aromatic rings. The Bertz CT molecular complexity index is 742. The van der Waals surface area contributed by atoms with Gasteiger partial charge < -0.3 is 14.7 Å². The molecule has 1 amide bonds. The minimum atomic E-state index is -0.860. The summed E-state index contributed by atoms with van der Waals surface area (Å²) in [6.07, 6.45) is 7.30. The molecule has 1 saturated carbocycles. The first-order valence-electron chi connectivity index (χ1n) is 10.4. The van der Waals surface area contributed by atoms with Gasteiger partial charge >= 0.3 is 6.09 Å². The van der Waals surface area contributed by atoms with E-state index >= 15 is 0 Å². The Hall–Kier alpha value is -2.34. The van der Waals surface area contributed by atoms with E-state index in [1.54, 1.807) is 11.1 Å². The predicted octanol–water partition coefficient (Wildman–Crippen LogP) is 4.38. The second kappa shape index (κ2) is 8.78. The number of benzene rings is 1. The van der Waals surface area contributed by atoms with Gasteiger partial charge in [-0.1, -0.05) is 30.3 Å². The van der Waals surface area contributed by atoms with Crippen LogP contribution in [-0.4, -0.2) is 51.6 Å². The number of hydrogen-bond donors (Lipinski definition) is 2. The number of carbonyl (C=O) groups is 1. The molecule has 0 radical (unpaired) electrons. The molecule has 2 fully saturated rings. The van der Waals surface area contributed by atoms with Crippen LogP contribution in [0.5, 0.6) is 0 Å². The van der Waals surface area contributed by atoms with Crippen molar-refractivity contribution in [1.82, 2.24) is 15.1 Å². The van der Waals surface area contributed by atoms with Crippen molar-refractivity contribution in [3.05, 3.63) is 53.9 Å². The normalized spacial score (nSPS) is 28.2. The molecule has 6 nitrogen and oxygen atoms in total. The molecule has 2 unspecified atom stereocenters. The number of rotatable bonds is 5. The molecule has 1 aromatic carbocycles. The molecule has 1 aliphatic carbocycles. The fraction of sp³-hybridized carbons (Fsp3) is 0.545. The third kappa shape index (κ3) is 4.22. The highest BCUT2D eigenvalue weighted by Gasteiger charge is 2.37. The van der Waals surface area contributed by atoms with Crippen molar-refractivity contribution in [2.45, 2.75) is 62.5 Å². The van der Waals surface area contributed by atoms with E-state index in [9.17, 15) is 9.90 Å². The Morgan fingerprint density at radius 1 is 1.14 bits per heavy atom. The molecule has 1 saturated heterocycles. The van der Waals surface area contributed by atoms with E-state index in [1.165, 1.54) is 5.56 Å². The summed E-state index contributed by atoms with van der Waals surface area (Å²) in [4.78, 5) is 13.3. The van der Waals surface area contributed by atoms with Crippen LogP contribution in [0.4, 0.5) is 4.79 Å². The Morgan fingerprint density at radius 3 is 2.61 bits per heavy atom. The van der Waals surface area contributed by atoms with E-state index in [1.807, 2.05) is 6.07 Å². The minimum absolute atomic E-state index is 0.0942. The van der Waals surface area contributed by atoms with Gasteiger partial charge in [-0.15, -0.1) is 0 Å². The minimum Gasteiger partial charge on any atom is -0.465 e. The average molecular weight is 383 g/mol. The third-order valence-electron chi connectivity index (χ3n) is 6.37. The number of likely N-dealkylation sites (tertiary alicyclic amines) is 1. The first kappa shape index (κ1) is 19.0. The summed E-state index contributed by atoms with van der Waals surface area (Å²) < 4.78 is 6.27. The number of nitrogens with zero attached hydrogens (tertiary/aromatic N) is 2. The van der Waals surface area contributed by atoms with Gasteiger partial charge in [-0.05, 0) is 56.1 Å². The van der Waals surface area contributed by atoms with Crippen LogP contribution < -0.4 is 0 Å². The molecule has 4 rings (SSSR count). The Labute approximate surface area is 165 Å². The molecule has 2 N–H and O–H groups in total. The van der Waals surface area contributed by atoms with Crippen molar-refractivity contribution in [2.75, 3.05) is 13.2 Å². The summed E-state index contributed by atoms with van der Waals surface area (Å²) in [6, 6.07) is 12.5. The number of aromatic nitrogens is 2. The maximum atomic E-state index is 11.8. The van der Waals surface area contributed by atoms with E-state index in [0.717, 1.165) is 44.2 Å². The van der Waals surface area contributed by atoms with Gasteiger partial charge in [-0.25, -0.2) is 4.79 Å². The zero-order valence-corrected chi connectivity index (χ0v) is 16.2. The molecular weight excluding hydrogens is 354 g/mol. The van der Waals surface area contributed by atoms with E-state index in [-0.39, 0.29) is 18.1 Å². The highest BCUT2D eigenvalue weighted by Crippen LogP contribution is 2.36. The SMILES string of the molecule is O=C(O)N1CCCC(c2cc[nH]n2)C1COC1CCC(c2ccccc2)CC1. The molecule has 28 heavy (non-hydrogen) atoms. The number of carboxylic acid groups (broad SMARTS) is 1. The average Bonchev–Trinajstić information content (AvgIpc) is 3.27. The third-order valence-corrected chi connectivity index (χ3v) is 6.37. The number of H-pyrrole nitrogens is 1. The lowest BCUT2D eigenvalue weighted by Crippen LogP contribution is -2.50. The summed E-state index contributed by atoms with van der Waals surface area (Å²) in [5.41, 5.74) is 2.36. The Morgan fingerprint density at radius 2 is 1.93 bits per heavy atom. The number of aromatic amines is 1. The zero-order chi connectivity index (χ0) is 19.3. The fourth-order valence-corrected chi connectivity index (χ4v) is 4.85. The Kier molecular flexibility index (Phi) is 5.95. The quantitative estimate of drug-likeness (QED) is 0.803. The first-order valence-corrected chi connectivity index (χ1v) is 10.4. The molecular formula is C22H29N3O3. The van der Waals surface area contributed by atoms with Crippen LogP contribution in [0.1, 0.15) is 61.6 Å². The number of amides is 1. The molecule has 6 heteroatoms. The lowest BCUT2D eigenvalue weighted by molar-refractivity contribution is -0.0223. The molecule has 150 valence electrons. The van der Waals surface area contributed by atoms with Crippen molar-refractivity contribution in [3.63, 3.8) is 0 Å². The molecule has 0 spiro atoms. The summed E-state index contributed by atoms with van der Waals surface area (Å²) >= 11 is 0. The van der Waals surface area contributed by atoms with Crippen LogP contribution in [0.25, 0.3) is 0 Å². The van der Waals surface area contributed by atoms with Gasteiger partial charge in [0.2, 0.25) is 0 Å². The molecule has 2 aliphatic rings. The van der Waals surface area contributed by atoms with Gasteiger partial charge in [0.15, 0.2) is 0 Å². The van der Waals surface area contributed by atoms with Gasteiger partial charge in [0, 0.05) is 18.7 Å².